The molecule has 2 aromatic carbocycles. The van der Waals surface area contributed by atoms with Crippen LogP contribution in [0.15, 0.2) is 36.4 Å². The highest BCUT2D eigenvalue weighted by Crippen LogP contribution is 2.27. The maximum atomic E-state index is 8.63. The molecule has 108 valence electrons. The van der Waals surface area contributed by atoms with Gasteiger partial charge in [-0.2, -0.15) is 0 Å². The Bertz CT molecular complexity index is 542. The van der Waals surface area contributed by atoms with Crippen molar-refractivity contribution in [2.45, 2.75) is 6.54 Å². The largest absolute Gasteiger partial charge is 0.496 e. The van der Waals surface area contributed by atoms with Gasteiger partial charge >= 0.3 is 0 Å². The zero-order valence-corrected chi connectivity index (χ0v) is 11.8. The van der Waals surface area contributed by atoms with E-state index in [2.05, 4.69) is 23.5 Å². The predicted molar refractivity (Wildman–Crippen MR) is 80.1 cm³/mol. The molecule has 0 atom stereocenters. The normalized spacial score (nSPS) is 10.9. The van der Waals surface area contributed by atoms with E-state index in [9.17, 15) is 0 Å². The molecule has 0 saturated carbocycles. The Morgan fingerprint density at radius 2 is 1.95 bits per heavy atom. The van der Waals surface area contributed by atoms with E-state index in [-0.39, 0.29) is 6.61 Å². The van der Waals surface area contributed by atoms with Gasteiger partial charge in [0.05, 0.1) is 26.9 Å². The number of ether oxygens (including phenoxy) is 2. The minimum absolute atomic E-state index is 0.0666. The first-order valence-corrected chi connectivity index (χ1v) is 6.80. The van der Waals surface area contributed by atoms with Crippen LogP contribution in [0.3, 0.4) is 0 Å². The minimum Gasteiger partial charge on any atom is -0.496 e. The number of hydrogen-bond acceptors (Lipinski definition) is 4. The van der Waals surface area contributed by atoms with Crippen molar-refractivity contribution in [3.63, 3.8) is 0 Å². The van der Waals surface area contributed by atoms with Crippen molar-refractivity contribution >= 4 is 10.8 Å². The average molecular weight is 275 g/mol. The van der Waals surface area contributed by atoms with Crippen LogP contribution in [0.1, 0.15) is 5.56 Å². The molecule has 0 radical (unpaired) electrons. The zero-order chi connectivity index (χ0) is 14.2. The molecule has 0 aliphatic carbocycles. The molecule has 0 spiro atoms. The Balaban J connectivity index is 2.03. The van der Waals surface area contributed by atoms with Gasteiger partial charge in [0.15, 0.2) is 0 Å². The standard InChI is InChI=1S/C16H21NO3/c1-19-16-7-6-13-4-2-3-5-14(13)15(16)12-17-8-10-20-11-9-18/h2-7,17-18H,8-12H2,1H3. The fourth-order valence-corrected chi connectivity index (χ4v) is 2.21. The van der Waals surface area contributed by atoms with Crippen molar-refractivity contribution in [1.82, 2.24) is 5.32 Å². The second kappa shape index (κ2) is 7.85. The molecule has 0 unspecified atom stereocenters. The number of aliphatic hydroxyl groups excluding tert-OH is 1. The highest BCUT2D eigenvalue weighted by atomic mass is 16.5. The lowest BCUT2D eigenvalue weighted by Crippen LogP contribution is -2.20. The number of fused-ring (bicyclic) bond motifs is 1. The third-order valence-corrected chi connectivity index (χ3v) is 3.18. The van der Waals surface area contributed by atoms with Crippen LogP contribution in [0.25, 0.3) is 10.8 Å². The van der Waals surface area contributed by atoms with Crippen LogP contribution in [0.4, 0.5) is 0 Å². The van der Waals surface area contributed by atoms with Gasteiger partial charge in [-0.3, -0.25) is 0 Å². The van der Waals surface area contributed by atoms with Crippen LogP contribution in [-0.2, 0) is 11.3 Å². The third kappa shape index (κ3) is 3.70. The van der Waals surface area contributed by atoms with Gasteiger partial charge in [-0.05, 0) is 16.8 Å². The first-order chi connectivity index (χ1) is 9.86. The molecule has 4 heteroatoms. The summed E-state index contributed by atoms with van der Waals surface area (Å²) in [4.78, 5) is 0. The Hall–Kier alpha value is -1.62. The van der Waals surface area contributed by atoms with Crippen LogP contribution in [-0.4, -0.2) is 38.6 Å². The van der Waals surface area contributed by atoms with Gasteiger partial charge in [-0.15, -0.1) is 0 Å². The second-order valence-electron chi connectivity index (χ2n) is 4.48. The van der Waals surface area contributed by atoms with Crippen molar-refractivity contribution in [3.8, 4) is 5.75 Å². The Morgan fingerprint density at radius 1 is 1.10 bits per heavy atom. The summed E-state index contributed by atoms with van der Waals surface area (Å²) in [6.45, 7) is 2.52. The number of nitrogens with one attached hydrogen (secondary N) is 1. The van der Waals surface area contributed by atoms with E-state index in [1.807, 2.05) is 18.2 Å². The summed E-state index contributed by atoms with van der Waals surface area (Å²) >= 11 is 0. The van der Waals surface area contributed by atoms with Gasteiger partial charge in [0.25, 0.3) is 0 Å². The minimum atomic E-state index is 0.0666. The molecule has 4 nitrogen and oxygen atoms in total. The van der Waals surface area contributed by atoms with E-state index >= 15 is 0 Å². The molecule has 0 heterocycles. The van der Waals surface area contributed by atoms with Crippen molar-refractivity contribution < 1.29 is 14.6 Å². The number of aliphatic hydroxyl groups is 1. The highest BCUT2D eigenvalue weighted by Gasteiger charge is 2.07. The summed E-state index contributed by atoms with van der Waals surface area (Å²) < 4.78 is 10.7. The molecule has 0 saturated heterocycles. The first kappa shape index (κ1) is 14.8. The smallest absolute Gasteiger partial charge is 0.123 e. The second-order valence-corrected chi connectivity index (χ2v) is 4.48. The van der Waals surface area contributed by atoms with Gasteiger partial charge in [0.1, 0.15) is 5.75 Å². The third-order valence-electron chi connectivity index (χ3n) is 3.18. The molecule has 2 N–H and O–H groups in total. The molecule has 0 aliphatic heterocycles. The maximum absolute atomic E-state index is 8.63. The summed E-state index contributed by atoms with van der Waals surface area (Å²) in [5.41, 5.74) is 1.16. The van der Waals surface area contributed by atoms with Crippen molar-refractivity contribution in [2.75, 3.05) is 33.5 Å². The molecule has 0 amide bonds. The van der Waals surface area contributed by atoms with E-state index in [4.69, 9.17) is 14.6 Å². The number of hydrogen-bond donors (Lipinski definition) is 2. The quantitative estimate of drug-likeness (QED) is 0.723. The average Bonchev–Trinajstić information content (AvgIpc) is 2.50. The van der Waals surface area contributed by atoms with Crippen molar-refractivity contribution in [2.24, 2.45) is 0 Å². The Kier molecular flexibility index (Phi) is 5.80. The maximum Gasteiger partial charge on any atom is 0.123 e. The highest BCUT2D eigenvalue weighted by molar-refractivity contribution is 5.87. The monoisotopic (exact) mass is 275 g/mol. The van der Waals surface area contributed by atoms with Crippen LogP contribution >= 0.6 is 0 Å². The van der Waals surface area contributed by atoms with Gasteiger partial charge in [-0.25, -0.2) is 0 Å². The Labute approximate surface area is 119 Å². The summed E-state index contributed by atoms with van der Waals surface area (Å²) in [7, 11) is 1.69. The van der Waals surface area contributed by atoms with Crippen LogP contribution in [0.2, 0.25) is 0 Å². The molecule has 0 fully saturated rings. The van der Waals surface area contributed by atoms with Crippen LogP contribution in [0.5, 0.6) is 5.75 Å². The van der Waals surface area contributed by atoms with E-state index in [1.165, 1.54) is 10.8 Å². The lowest BCUT2D eigenvalue weighted by molar-refractivity contribution is 0.0938. The van der Waals surface area contributed by atoms with E-state index in [0.717, 1.165) is 24.4 Å². The molecule has 20 heavy (non-hydrogen) atoms. The predicted octanol–water partition coefficient (Wildman–Crippen LogP) is 1.95. The van der Waals surface area contributed by atoms with E-state index in [0.29, 0.717) is 13.2 Å². The fraction of sp³-hybridized carbons (Fsp3) is 0.375. The zero-order valence-electron chi connectivity index (χ0n) is 11.8. The van der Waals surface area contributed by atoms with Crippen molar-refractivity contribution in [3.05, 3.63) is 42.0 Å². The lowest BCUT2D eigenvalue weighted by atomic mass is 10.0. The molecule has 0 aliphatic rings. The molecule has 2 rings (SSSR count). The van der Waals surface area contributed by atoms with E-state index < -0.39 is 0 Å². The SMILES string of the molecule is COc1ccc2ccccc2c1CNCCOCCO. The van der Waals surface area contributed by atoms with Crippen LogP contribution in [0, 0.1) is 0 Å². The fourth-order valence-electron chi connectivity index (χ4n) is 2.21. The Morgan fingerprint density at radius 3 is 2.75 bits per heavy atom. The first-order valence-electron chi connectivity index (χ1n) is 6.80. The van der Waals surface area contributed by atoms with Gasteiger partial charge in [-0.1, -0.05) is 30.3 Å². The van der Waals surface area contributed by atoms with E-state index in [1.54, 1.807) is 7.11 Å². The summed E-state index contributed by atoms with van der Waals surface area (Å²) in [5.74, 6) is 0.896. The number of benzene rings is 2. The molecular formula is C16H21NO3. The number of methoxy groups -OCH3 is 1. The number of rotatable bonds is 8. The summed E-state index contributed by atoms with van der Waals surface area (Å²) in [6.07, 6.45) is 0. The topological polar surface area (TPSA) is 50.7 Å². The molecule has 0 aromatic heterocycles. The summed E-state index contributed by atoms with van der Waals surface area (Å²) in [6, 6.07) is 12.4. The summed E-state index contributed by atoms with van der Waals surface area (Å²) in [5, 5.41) is 14.4. The van der Waals surface area contributed by atoms with Gasteiger partial charge in [0, 0.05) is 18.7 Å². The lowest BCUT2D eigenvalue weighted by Gasteiger charge is -2.13. The van der Waals surface area contributed by atoms with Crippen molar-refractivity contribution in [1.29, 1.82) is 0 Å². The van der Waals surface area contributed by atoms with Gasteiger partial charge in [0.2, 0.25) is 0 Å². The molecular weight excluding hydrogens is 254 g/mol. The molecule has 2 aromatic rings. The molecule has 0 bridgehead atoms. The van der Waals surface area contributed by atoms with Crippen LogP contribution < -0.4 is 10.1 Å². The van der Waals surface area contributed by atoms with Gasteiger partial charge < -0.3 is 19.9 Å².